The summed E-state index contributed by atoms with van der Waals surface area (Å²) in [6.45, 7) is 7.30. The molecule has 0 amide bonds. The Morgan fingerprint density at radius 3 is 2.52 bits per heavy atom. The van der Waals surface area contributed by atoms with Gasteiger partial charge in [0.25, 0.3) is 5.56 Å². The number of nitrogens with zero attached hydrogens (tertiary/aromatic N) is 2. The van der Waals surface area contributed by atoms with E-state index in [0.717, 1.165) is 36.1 Å². The van der Waals surface area contributed by atoms with Gasteiger partial charge in [-0.1, -0.05) is 0 Å². The third-order valence-electron chi connectivity index (χ3n) is 4.80. The van der Waals surface area contributed by atoms with Gasteiger partial charge in [0, 0.05) is 24.5 Å². The van der Waals surface area contributed by atoms with Crippen LogP contribution in [0, 0.1) is 13.8 Å². The molecular formula is C18H22N2O3. The number of aryl methyl sites for hydroxylation is 2. The molecule has 2 heterocycles. The van der Waals surface area contributed by atoms with Crippen molar-refractivity contribution in [3.63, 3.8) is 0 Å². The van der Waals surface area contributed by atoms with E-state index >= 15 is 0 Å². The summed E-state index contributed by atoms with van der Waals surface area (Å²) in [6.07, 6.45) is 2.45. The number of aromatic carboxylic acids is 1. The van der Waals surface area contributed by atoms with E-state index in [1.807, 2.05) is 13.0 Å². The topological polar surface area (TPSA) is 62.5 Å². The third-order valence-corrected chi connectivity index (χ3v) is 4.80. The largest absolute Gasteiger partial charge is 0.478 e. The minimum atomic E-state index is -0.920. The molecule has 1 fully saturated rings. The maximum absolute atomic E-state index is 12.3. The van der Waals surface area contributed by atoms with Crippen LogP contribution in [0.2, 0.25) is 0 Å². The van der Waals surface area contributed by atoms with Crippen LogP contribution < -0.4 is 5.56 Å². The second-order valence-corrected chi connectivity index (χ2v) is 6.30. The number of likely N-dealkylation sites (tertiary alicyclic amines) is 1. The van der Waals surface area contributed by atoms with Crippen molar-refractivity contribution in [1.29, 1.82) is 0 Å². The molecule has 1 aliphatic rings. The van der Waals surface area contributed by atoms with Gasteiger partial charge in [-0.15, -0.1) is 0 Å². The van der Waals surface area contributed by atoms with Gasteiger partial charge in [0.15, 0.2) is 0 Å². The predicted molar refractivity (Wildman–Crippen MR) is 90.3 cm³/mol. The highest BCUT2D eigenvalue weighted by Crippen LogP contribution is 2.24. The van der Waals surface area contributed by atoms with Crippen LogP contribution in [0.3, 0.4) is 0 Å². The zero-order chi connectivity index (χ0) is 16.6. The molecule has 5 nitrogen and oxygen atoms in total. The van der Waals surface area contributed by atoms with Crippen molar-refractivity contribution in [3.05, 3.63) is 45.2 Å². The van der Waals surface area contributed by atoms with E-state index in [4.69, 9.17) is 0 Å². The second-order valence-electron chi connectivity index (χ2n) is 6.30. The summed E-state index contributed by atoms with van der Waals surface area (Å²) in [7, 11) is 0. The van der Waals surface area contributed by atoms with Gasteiger partial charge in [-0.05, 0) is 63.0 Å². The fraction of sp³-hybridized carbons (Fsp3) is 0.444. The van der Waals surface area contributed by atoms with Crippen LogP contribution in [0.5, 0.6) is 0 Å². The van der Waals surface area contributed by atoms with Crippen molar-refractivity contribution >= 4 is 16.9 Å². The standard InChI is InChI=1S/C18H22N2O3/c1-12-11-15-14(13(2)17(12)18(22)23)5-6-16(21)20(15)10-9-19-7-3-4-8-19/h5-6,11H,3-4,7-10H2,1-2H3,(H,22,23). The molecule has 1 saturated heterocycles. The Bertz CT molecular complexity index is 817. The Morgan fingerprint density at radius 1 is 1.17 bits per heavy atom. The first-order valence-corrected chi connectivity index (χ1v) is 8.08. The monoisotopic (exact) mass is 314 g/mol. The molecule has 23 heavy (non-hydrogen) atoms. The van der Waals surface area contributed by atoms with Gasteiger partial charge in [0.1, 0.15) is 0 Å². The molecule has 0 unspecified atom stereocenters. The highest BCUT2D eigenvalue weighted by atomic mass is 16.4. The molecule has 1 aromatic carbocycles. The number of hydrogen-bond donors (Lipinski definition) is 1. The average Bonchev–Trinajstić information content (AvgIpc) is 2.99. The van der Waals surface area contributed by atoms with E-state index in [-0.39, 0.29) is 5.56 Å². The van der Waals surface area contributed by atoms with Crippen molar-refractivity contribution in [1.82, 2.24) is 9.47 Å². The normalized spacial score (nSPS) is 15.4. The van der Waals surface area contributed by atoms with Crippen molar-refractivity contribution in [2.24, 2.45) is 0 Å². The lowest BCUT2D eigenvalue weighted by Crippen LogP contribution is -2.29. The lowest BCUT2D eigenvalue weighted by molar-refractivity contribution is 0.0695. The van der Waals surface area contributed by atoms with Crippen LogP contribution in [0.1, 0.15) is 34.3 Å². The Morgan fingerprint density at radius 2 is 1.87 bits per heavy atom. The first-order chi connectivity index (χ1) is 11.0. The molecule has 1 N–H and O–H groups in total. The van der Waals surface area contributed by atoms with E-state index in [9.17, 15) is 14.7 Å². The highest BCUT2D eigenvalue weighted by molar-refractivity contribution is 5.98. The van der Waals surface area contributed by atoms with Crippen LogP contribution >= 0.6 is 0 Å². The van der Waals surface area contributed by atoms with Crippen molar-refractivity contribution in [2.75, 3.05) is 19.6 Å². The number of benzene rings is 1. The van der Waals surface area contributed by atoms with Crippen molar-refractivity contribution in [2.45, 2.75) is 33.2 Å². The molecule has 0 aliphatic carbocycles. The molecule has 0 atom stereocenters. The Balaban J connectivity index is 2.08. The summed E-state index contributed by atoms with van der Waals surface area (Å²) in [5.74, 6) is -0.920. The highest BCUT2D eigenvalue weighted by Gasteiger charge is 2.17. The molecule has 0 radical (unpaired) electrons. The number of hydrogen-bond acceptors (Lipinski definition) is 3. The van der Waals surface area contributed by atoms with E-state index in [1.54, 1.807) is 23.6 Å². The zero-order valence-corrected chi connectivity index (χ0v) is 13.6. The van der Waals surface area contributed by atoms with Crippen LogP contribution in [-0.2, 0) is 6.54 Å². The molecule has 2 aromatic rings. The molecule has 0 saturated carbocycles. The number of pyridine rings is 1. The Kier molecular flexibility index (Phi) is 4.22. The SMILES string of the molecule is Cc1cc2c(ccc(=O)n2CCN2CCCC2)c(C)c1C(=O)O. The molecule has 122 valence electrons. The van der Waals surface area contributed by atoms with Gasteiger partial charge >= 0.3 is 5.97 Å². The lowest BCUT2D eigenvalue weighted by Gasteiger charge is -2.18. The van der Waals surface area contributed by atoms with Gasteiger partial charge < -0.3 is 14.6 Å². The third kappa shape index (κ3) is 2.88. The summed E-state index contributed by atoms with van der Waals surface area (Å²) < 4.78 is 1.78. The van der Waals surface area contributed by atoms with E-state index in [1.165, 1.54) is 12.8 Å². The smallest absolute Gasteiger partial charge is 0.336 e. The van der Waals surface area contributed by atoms with Crippen LogP contribution in [-0.4, -0.2) is 40.2 Å². The van der Waals surface area contributed by atoms with Gasteiger partial charge in [0.05, 0.1) is 11.1 Å². The van der Waals surface area contributed by atoms with Gasteiger partial charge in [-0.2, -0.15) is 0 Å². The number of carbonyl (C=O) groups is 1. The summed E-state index contributed by atoms with van der Waals surface area (Å²) in [5, 5.41) is 10.2. The average molecular weight is 314 g/mol. The number of fused-ring (bicyclic) bond motifs is 1. The van der Waals surface area contributed by atoms with Crippen LogP contribution in [0.4, 0.5) is 0 Å². The maximum Gasteiger partial charge on any atom is 0.336 e. The molecule has 1 aromatic heterocycles. The second kappa shape index (κ2) is 6.16. The molecule has 3 rings (SSSR count). The first-order valence-electron chi connectivity index (χ1n) is 8.08. The fourth-order valence-electron chi connectivity index (χ4n) is 3.58. The van der Waals surface area contributed by atoms with Gasteiger partial charge in [0.2, 0.25) is 0 Å². The number of carboxylic acid groups (broad SMARTS) is 1. The number of aromatic nitrogens is 1. The summed E-state index contributed by atoms with van der Waals surface area (Å²) in [4.78, 5) is 26.1. The summed E-state index contributed by atoms with van der Waals surface area (Å²) in [6, 6.07) is 5.11. The van der Waals surface area contributed by atoms with Gasteiger partial charge in [-0.3, -0.25) is 4.79 Å². The number of carboxylic acids is 1. The lowest BCUT2D eigenvalue weighted by atomic mass is 9.98. The first kappa shape index (κ1) is 15.7. The molecule has 5 heteroatoms. The van der Waals surface area contributed by atoms with Crippen molar-refractivity contribution < 1.29 is 9.90 Å². The Labute approximate surface area is 135 Å². The fourth-order valence-corrected chi connectivity index (χ4v) is 3.58. The maximum atomic E-state index is 12.3. The van der Waals surface area contributed by atoms with E-state index in [0.29, 0.717) is 17.7 Å². The Hall–Kier alpha value is -2.14. The summed E-state index contributed by atoms with van der Waals surface area (Å²) in [5.41, 5.74) is 2.56. The quantitative estimate of drug-likeness (QED) is 0.941. The molecule has 0 spiro atoms. The molecule has 0 bridgehead atoms. The summed E-state index contributed by atoms with van der Waals surface area (Å²) >= 11 is 0. The number of rotatable bonds is 4. The predicted octanol–water partition coefficient (Wildman–Crippen LogP) is 2.41. The van der Waals surface area contributed by atoms with Crippen molar-refractivity contribution in [3.8, 4) is 0 Å². The van der Waals surface area contributed by atoms with Crippen LogP contribution in [0.25, 0.3) is 10.9 Å². The minimum Gasteiger partial charge on any atom is -0.478 e. The van der Waals surface area contributed by atoms with Crippen LogP contribution in [0.15, 0.2) is 23.0 Å². The molecule has 1 aliphatic heterocycles. The minimum absolute atomic E-state index is 0.0291. The van der Waals surface area contributed by atoms with E-state index in [2.05, 4.69) is 4.90 Å². The zero-order valence-electron chi connectivity index (χ0n) is 13.6. The van der Waals surface area contributed by atoms with Gasteiger partial charge in [-0.25, -0.2) is 4.79 Å². The van der Waals surface area contributed by atoms with E-state index < -0.39 is 5.97 Å². The molecular weight excluding hydrogens is 292 g/mol.